The third kappa shape index (κ3) is 4.99. The van der Waals surface area contributed by atoms with Gasteiger partial charge in [0.15, 0.2) is 4.80 Å². The van der Waals surface area contributed by atoms with Gasteiger partial charge in [0, 0.05) is 22.6 Å². The van der Waals surface area contributed by atoms with E-state index in [2.05, 4.69) is 4.99 Å². The molecule has 3 heterocycles. The van der Waals surface area contributed by atoms with Gasteiger partial charge < -0.3 is 18.8 Å². The molecule has 5 rings (SSSR count). The summed E-state index contributed by atoms with van der Waals surface area (Å²) in [5.74, 6) is 0.178. The lowest BCUT2D eigenvalue weighted by Gasteiger charge is -2.26. The second-order valence-electron chi connectivity index (χ2n) is 9.55. The van der Waals surface area contributed by atoms with E-state index in [1.807, 2.05) is 30.6 Å². The quantitative estimate of drug-likeness (QED) is 0.306. The maximum atomic E-state index is 14.1. The number of esters is 1. The van der Waals surface area contributed by atoms with Crippen LogP contribution in [0.3, 0.4) is 0 Å². The normalized spacial score (nSPS) is 15.0. The average molecular weight is 576 g/mol. The first-order valence-electron chi connectivity index (χ1n) is 13.0. The predicted octanol–water partition coefficient (Wildman–Crippen LogP) is 4.36. The van der Waals surface area contributed by atoms with Gasteiger partial charge in [-0.3, -0.25) is 9.36 Å². The van der Waals surface area contributed by atoms with Gasteiger partial charge in [-0.1, -0.05) is 11.3 Å². The van der Waals surface area contributed by atoms with Crippen LogP contribution < -0.4 is 24.4 Å². The molecule has 1 atom stereocenters. The number of methoxy groups -OCH3 is 2. The Labute approximate surface area is 240 Å². The molecule has 0 bridgehead atoms. The number of nitrogens with zero attached hydrogens (tertiary/aromatic N) is 3. The zero-order valence-corrected chi connectivity index (χ0v) is 24.5. The lowest BCUT2D eigenvalue weighted by atomic mass is 9.94. The largest absolute Gasteiger partial charge is 0.497 e. The molecule has 4 aromatic rings. The minimum Gasteiger partial charge on any atom is -0.497 e. The van der Waals surface area contributed by atoms with Crippen LogP contribution in [0.4, 0.5) is 4.39 Å². The number of hydrogen-bond acceptors (Lipinski definition) is 7. The average Bonchev–Trinajstić information content (AvgIpc) is 3.41. The summed E-state index contributed by atoms with van der Waals surface area (Å²) in [5.41, 5.74) is 4.49. The molecule has 0 aliphatic carbocycles. The first kappa shape index (κ1) is 28.1. The van der Waals surface area contributed by atoms with E-state index in [4.69, 9.17) is 14.2 Å². The highest BCUT2D eigenvalue weighted by Crippen LogP contribution is 2.37. The van der Waals surface area contributed by atoms with Crippen molar-refractivity contribution in [1.82, 2.24) is 9.13 Å². The number of benzene rings is 2. The molecule has 212 valence electrons. The van der Waals surface area contributed by atoms with Gasteiger partial charge in [-0.05, 0) is 87.9 Å². The van der Waals surface area contributed by atoms with E-state index in [-0.39, 0.29) is 23.6 Å². The number of fused-ring (bicyclic) bond motifs is 1. The third-order valence-electron chi connectivity index (χ3n) is 7.09. The van der Waals surface area contributed by atoms with E-state index in [1.165, 1.54) is 35.1 Å². The van der Waals surface area contributed by atoms with Crippen molar-refractivity contribution < 1.29 is 23.4 Å². The molecule has 0 saturated heterocycles. The topological polar surface area (TPSA) is 84.1 Å². The molecule has 2 aromatic carbocycles. The fraction of sp³-hybridized carbons (Fsp3) is 0.258. The number of carbonyl (C=O) groups is 1. The monoisotopic (exact) mass is 575 g/mol. The van der Waals surface area contributed by atoms with Gasteiger partial charge in [0.2, 0.25) is 0 Å². The molecule has 0 amide bonds. The Balaban J connectivity index is 1.73. The fourth-order valence-electron chi connectivity index (χ4n) is 5.20. The van der Waals surface area contributed by atoms with Gasteiger partial charge >= 0.3 is 5.97 Å². The molecule has 1 aliphatic heterocycles. The molecule has 0 fully saturated rings. The first-order valence-corrected chi connectivity index (χ1v) is 13.9. The molecule has 0 saturated carbocycles. The summed E-state index contributed by atoms with van der Waals surface area (Å²) in [4.78, 5) is 32.4. The summed E-state index contributed by atoms with van der Waals surface area (Å²) in [6.45, 7) is 7.54. The van der Waals surface area contributed by atoms with Crippen molar-refractivity contribution in [3.05, 3.63) is 108 Å². The number of ether oxygens (including phenoxy) is 3. The van der Waals surface area contributed by atoms with Crippen molar-refractivity contribution in [3.8, 4) is 17.2 Å². The summed E-state index contributed by atoms with van der Waals surface area (Å²) in [5, 5.41) is 0. The minimum atomic E-state index is -0.843. The maximum absolute atomic E-state index is 14.1. The predicted molar refractivity (Wildman–Crippen MR) is 155 cm³/mol. The summed E-state index contributed by atoms with van der Waals surface area (Å²) >= 11 is 1.24. The molecule has 1 aliphatic rings. The van der Waals surface area contributed by atoms with Crippen LogP contribution in [-0.4, -0.2) is 35.9 Å². The van der Waals surface area contributed by atoms with Crippen molar-refractivity contribution in [1.29, 1.82) is 0 Å². The van der Waals surface area contributed by atoms with Crippen molar-refractivity contribution in [3.63, 3.8) is 0 Å². The van der Waals surface area contributed by atoms with E-state index in [1.54, 1.807) is 51.3 Å². The minimum absolute atomic E-state index is 0.172. The van der Waals surface area contributed by atoms with E-state index in [0.717, 1.165) is 22.6 Å². The van der Waals surface area contributed by atoms with Gasteiger partial charge in [-0.15, -0.1) is 0 Å². The van der Waals surface area contributed by atoms with Gasteiger partial charge in [0.1, 0.15) is 23.4 Å². The zero-order chi connectivity index (χ0) is 29.4. The van der Waals surface area contributed by atoms with Crippen LogP contribution in [0, 0.1) is 19.7 Å². The Bertz CT molecular complexity index is 1860. The van der Waals surface area contributed by atoms with E-state index in [9.17, 15) is 14.0 Å². The highest BCUT2D eigenvalue weighted by molar-refractivity contribution is 7.07. The maximum Gasteiger partial charge on any atom is 0.338 e. The Kier molecular flexibility index (Phi) is 7.68. The number of allylic oxidation sites excluding steroid dienone is 1. The van der Waals surface area contributed by atoms with Crippen LogP contribution in [-0.2, 0) is 9.53 Å². The second kappa shape index (κ2) is 11.2. The standard InChI is InChI=1S/C31H30FN3O5S/c1-7-40-30(37)27-18(3)33-31-35(28(27)24-16-23(38-5)12-13-25(24)39-6)29(36)26(41-31)15-20-14-17(2)34(19(20)4)22-10-8-21(32)9-11-22/h8-16,28H,7H2,1-6H3/b26-15-/t28-/m0/s1. The Morgan fingerprint density at radius 3 is 2.46 bits per heavy atom. The van der Waals surface area contributed by atoms with Gasteiger partial charge in [-0.25, -0.2) is 14.2 Å². The van der Waals surface area contributed by atoms with Gasteiger partial charge in [-0.2, -0.15) is 0 Å². The number of halogens is 1. The highest BCUT2D eigenvalue weighted by atomic mass is 32.1. The Morgan fingerprint density at radius 2 is 1.80 bits per heavy atom. The number of rotatable bonds is 7. The Hall–Kier alpha value is -4.44. The van der Waals surface area contributed by atoms with Gasteiger partial charge in [0.25, 0.3) is 5.56 Å². The summed E-state index contributed by atoms with van der Waals surface area (Å²) in [7, 11) is 3.08. The van der Waals surface area contributed by atoms with E-state index >= 15 is 0 Å². The second-order valence-corrected chi connectivity index (χ2v) is 10.6. The molecule has 0 N–H and O–H groups in total. The molecule has 8 nitrogen and oxygen atoms in total. The SMILES string of the molecule is CCOC(=O)C1=C(C)N=c2s/c(=C\c3cc(C)n(-c4ccc(F)cc4)c3C)c(=O)n2[C@H]1c1cc(OC)ccc1OC. The van der Waals surface area contributed by atoms with E-state index < -0.39 is 12.0 Å². The number of thiazole rings is 1. The fourth-order valence-corrected chi connectivity index (χ4v) is 6.24. The number of aryl methyl sites for hydroxylation is 1. The summed E-state index contributed by atoms with van der Waals surface area (Å²) in [6, 6.07) is 12.7. The molecule has 0 spiro atoms. The number of aromatic nitrogens is 2. The zero-order valence-electron chi connectivity index (χ0n) is 23.6. The lowest BCUT2D eigenvalue weighted by Crippen LogP contribution is -2.40. The molecule has 0 unspecified atom stereocenters. The summed E-state index contributed by atoms with van der Waals surface area (Å²) in [6.07, 6.45) is 1.83. The summed E-state index contributed by atoms with van der Waals surface area (Å²) < 4.78 is 34.0. The molecular formula is C31H30FN3O5S. The highest BCUT2D eigenvalue weighted by Gasteiger charge is 2.35. The van der Waals surface area contributed by atoms with Crippen LogP contribution in [0.25, 0.3) is 11.8 Å². The molecule has 41 heavy (non-hydrogen) atoms. The molecular weight excluding hydrogens is 545 g/mol. The smallest absolute Gasteiger partial charge is 0.338 e. The number of carbonyl (C=O) groups excluding carboxylic acids is 1. The van der Waals surface area contributed by atoms with Crippen molar-refractivity contribution in [2.45, 2.75) is 33.7 Å². The number of hydrogen-bond donors (Lipinski definition) is 0. The lowest BCUT2D eigenvalue weighted by molar-refractivity contribution is -0.139. The van der Waals surface area contributed by atoms with Crippen molar-refractivity contribution in [2.75, 3.05) is 20.8 Å². The van der Waals surface area contributed by atoms with Crippen LogP contribution in [0.5, 0.6) is 11.5 Å². The molecule has 10 heteroatoms. The van der Waals surface area contributed by atoms with Crippen LogP contribution in [0.1, 0.15) is 42.4 Å². The third-order valence-corrected chi connectivity index (χ3v) is 8.07. The molecule has 2 aromatic heterocycles. The van der Waals surface area contributed by atoms with Crippen LogP contribution >= 0.6 is 11.3 Å². The van der Waals surface area contributed by atoms with Crippen molar-refractivity contribution >= 4 is 23.4 Å². The van der Waals surface area contributed by atoms with E-state index in [0.29, 0.717) is 32.1 Å². The van der Waals surface area contributed by atoms with Crippen LogP contribution in [0.15, 0.2) is 69.6 Å². The van der Waals surface area contributed by atoms with Crippen molar-refractivity contribution in [2.24, 2.45) is 4.99 Å². The molecule has 0 radical (unpaired) electrons. The van der Waals surface area contributed by atoms with Gasteiger partial charge in [0.05, 0.1) is 36.6 Å². The first-order chi connectivity index (χ1) is 19.7. The Morgan fingerprint density at radius 1 is 1.07 bits per heavy atom. The van der Waals surface area contributed by atoms with Crippen LogP contribution in [0.2, 0.25) is 0 Å².